The summed E-state index contributed by atoms with van der Waals surface area (Å²) in [5, 5.41) is 2.06. The molecule has 0 aromatic carbocycles. The molecule has 1 aromatic heterocycles. The molecule has 0 N–H and O–H groups in total. The Morgan fingerprint density at radius 2 is 2.12 bits per heavy atom. The van der Waals surface area contributed by atoms with E-state index in [-0.39, 0.29) is 14.3 Å². The smallest absolute Gasteiger partial charge is 0.282 e. The summed E-state index contributed by atoms with van der Waals surface area (Å²) in [7, 11) is -0.206. The first-order valence-electron chi connectivity index (χ1n) is 6.34. The third-order valence-electron chi connectivity index (χ3n) is 3.02. The highest BCUT2D eigenvalue weighted by Gasteiger charge is 2.33. The van der Waals surface area contributed by atoms with Crippen molar-refractivity contribution >= 4 is 20.0 Å². The van der Waals surface area contributed by atoms with E-state index < -0.39 is 0 Å². The molecule has 1 heterocycles. The largest absolute Gasteiger partial charge is 0.328 e. The highest BCUT2D eigenvalue weighted by molar-refractivity contribution is 7.17. The minimum atomic E-state index is -0.332. The molecular weight excluding hydrogens is 251 g/mol. The van der Waals surface area contributed by atoms with Crippen LogP contribution in [0.15, 0.2) is 17.5 Å². The lowest BCUT2D eigenvalue weighted by molar-refractivity contribution is 0.0619. The van der Waals surface area contributed by atoms with E-state index >= 15 is 0 Å². The van der Waals surface area contributed by atoms with Gasteiger partial charge in [0.1, 0.15) is 5.60 Å². The van der Waals surface area contributed by atoms with Crippen molar-refractivity contribution in [2.75, 3.05) is 0 Å². The molecule has 0 aliphatic carbocycles. The van der Waals surface area contributed by atoms with E-state index in [2.05, 4.69) is 25.3 Å². The molecule has 1 aromatic rings. The predicted octanol–water partition coefficient (Wildman–Crippen LogP) is 5.55. The summed E-state index contributed by atoms with van der Waals surface area (Å²) in [6.45, 7) is 4.34. The molecule has 0 amide bonds. The van der Waals surface area contributed by atoms with Gasteiger partial charge in [-0.2, -0.15) is 0 Å². The maximum atomic E-state index is 10.9. The fraction of sp³-hybridized carbons (Fsp3) is 0.692. The highest BCUT2D eigenvalue weighted by atomic mass is 32.1. The molecule has 1 atom stereocenters. The van der Waals surface area contributed by atoms with Crippen molar-refractivity contribution in [3.05, 3.63) is 22.4 Å². The zero-order valence-corrected chi connectivity index (χ0v) is 12.4. The number of unbranched alkanes of at least 4 members (excludes halogenated alkanes) is 2. The number of hydrogen-bond acceptors (Lipinski definition) is 3. The Labute approximate surface area is 110 Å². The lowest BCUT2D eigenvalue weighted by Gasteiger charge is -2.29. The van der Waals surface area contributed by atoms with Gasteiger partial charge in [0.15, 0.2) is 0 Å². The summed E-state index contributed by atoms with van der Waals surface area (Å²) in [6.07, 6.45) is 6.47. The summed E-state index contributed by atoms with van der Waals surface area (Å²) < 4.78 is 16.5. The van der Waals surface area contributed by atoms with Crippen LogP contribution in [0, 0.1) is 0 Å². The Morgan fingerprint density at radius 1 is 1.29 bits per heavy atom. The molecule has 4 heteroatoms. The van der Waals surface area contributed by atoms with Crippen LogP contribution in [0.2, 0.25) is 0 Å². The predicted molar refractivity (Wildman–Crippen MR) is 73.7 cm³/mol. The average molecular weight is 272 g/mol. The standard InChI is InChI=1S/C13H21O2PS/c1-3-5-6-10-13(9-4-2,15-16-14)12-8-7-11-17-12/h7-8,11H,3-6,9-10H2,1-2H3. The second kappa shape index (κ2) is 7.97. The summed E-state index contributed by atoms with van der Waals surface area (Å²) in [5.41, 5.74) is -0.332. The number of rotatable bonds is 9. The zero-order valence-electron chi connectivity index (χ0n) is 10.6. The fourth-order valence-electron chi connectivity index (χ4n) is 2.18. The molecule has 17 heavy (non-hydrogen) atoms. The molecule has 0 aliphatic rings. The van der Waals surface area contributed by atoms with E-state index in [0.717, 1.165) is 25.7 Å². The summed E-state index contributed by atoms with van der Waals surface area (Å²) in [5.74, 6) is 0. The molecule has 2 nitrogen and oxygen atoms in total. The second-order valence-corrected chi connectivity index (χ2v) is 5.62. The normalized spacial score (nSPS) is 14.9. The molecule has 1 rings (SSSR count). The fourth-order valence-corrected chi connectivity index (χ4v) is 3.59. The van der Waals surface area contributed by atoms with Crippen molar-refractivity contribution in [3.63, 3.8) is 0 Å². The molecule has 0 saturated heterocycles. The van der Waals surface area contributed by atoms with Gasteiger partial charge in [-0.3, -0.25) is 4.52 Å². The summed E-state index contributed by atoms with van der Waals surface area (Å²) in [4.78, 5) is 1.21. The van der Waals surface area contributed by atoms with Crippen molar-refractivity contribution in [2.24, 2.45) is 0 Å². The Morgan fingerprint density at radius 3 is 2.65 bits per heavy atom. The maximum absolute atomic E-state index is 10.9. The molecule has 1 unspecified atom stereocenters. The van der Waals surface area contributed by atoms with E-state index in [9.17, 15) is 4.57 Å². The van der Waals surface area contributed by atoms with E-state index in [0.29, 0.717) is 0 Å². The first-order valence-corrected chi connectivity index (χ1v) is 7.95. The van der Waals surface area contributed by atoms with Crippen LogP contribution in [0.5, 0.6) is 0 Å². The van der Waals surface area contributed by atoms with Gasteiger partial charge in [-0.05, 0) is 24.3 Å². The van der Waals surface area contributed by atoms with Gasteiger partial charge < -0.3 is 0 Å². The summed E-state index contributed by atoms with van der Waals surface area (Å²) in [6, 6.07) is 4.13. The van der Waals surface area contributed by atoms with Crippen LogP contribution in [0.1, 0.15) is 57.2 Å². The third kappa shape index (κ3) is 4.17. The quantitative estimate of drug-likeness (QED) is 0.435. The first-order chi connectivity index (χ1) is 8.29. The molecule has 0 aliphatic heterocycles. The Hall–Kier alpha value is -0.240. The highest BCUT2D eigenvalue weighted by Crippen LogP contribution is 2.41. The summed E-state index contributed by atoms with van der Waals surface area (Å²) >= 11 is 1.70. The van der Waals surface area contributed by atoms with Crippen LogP contribution in [-0.4, -0.2) is 0 Å². The van der Waals surface area contributed by atoms with E-state index in [1.807, 2.05) is 6.07 Å². The van der Waals surface area contributed by atoms with Gasteiger partial charge in [-0.1, -0.05) is 45.6 Å². The van der Waals surface area contributed by atoms with Gasteiger partial charge in [0.2, 0.25) is 0 Å². The SMILES string of the molecule is CCCCCC(CCC)(OP=O)c1cccs1. The van der Waals surface area contributed by atoms with Crippen LogP contribution in [-0.2, 0) is 14.7 Å². The molecule has 0 bridgehead atoms. The van der Waals surface area contributed by atoms with Gasteiger partial charge >= 0.3 is 8.69 Å². The van der Waals surface area contributed by atoms with Crippen molar-refractivity contribution in [3.8, 4) is 0 Å². The average Bonchev–Trinajstić information content (AvgIpc) is 2.83. The van der Waals surface area contributed by atoms with Crippen LogP contribution in [0.4, 0.5) is 0 Å². The number of thiophene rings is 1. The Kier molecular flexibility index (Phi) is 6.94. The Balaban J connectivity index is 2.82. The molecular formula is C13H21O2PS. The monoisotopic (exact) mass is 272 g/mol. The molecule has 0 radical (unpaired) electrons. The van der Waals surface area contributed by atoms with Gasteiger partial charge in [-0.15, -0.1) is 11.3 Å². The first kappa shape index (κ1) is 14.8. The van der Waals surface area contributed by atoms with Crippen molar-refractivity contribution in [1.82, 2.24) is 0 Å². The zero-order chi connectivity index (χ0) is 12.6. The van der Waals surface area contributed by atoms with Gasteiger partial charge in [0.25, 0.3) is 0 Å². The number of hydrogen-bond donors (Lipinski definition) is 0. The van der Waals surface area contributed by atoms with Crippen LogP contribution < -0.4 is 0 Å². The van der Waals surface area contributed by atoms with Gasteiger partial charge in [-0.25, -0.2) is 4.57 Å². The molecule has 96 valence electrons. The molecule has 0 fully saturated rings. The topological polar surface area (TPSA) is 26.3 Å². The van der Waals surface area contributed by atoms with Crippen molar-refractivity contribution in [2.45, 2.75) is 58.0 Å². The Bertz CT molecular complexity index is 313. The maximum Gasteiger partial charge on any atom is 0.328 e. The third-order valence-corrected chi connectivity index (χ3v) is 4.50. The van der Waals surface area contributed by atoms with Crippen LogP contribution >= 0.6 is 20.0 Å². The molecule has 0 spiro atoms. The van der Waals surface area contributed by atoms with Gasteiger partial charge in [0, 0.05) is 4.88 Å². The van der Waals surface area contributed by atoms with Crippen molar-refractivity contribution in [1.29, 1.82) is 0 Å². The van der Waals surface area contributed by atoms with E-state index in [1.54, 1.807) is 11.3 Å². The second-order valence-electron chi connectivity index (χ2n) is 4.34. The van der Waals surface area contributed by atoms with E-state index in [1.165, 1.54) is 17.7 Å². The van der Waals surface area contributed by atoms with Gasteiger partial charge in [0.05, 0.1) is 0 Å². The van der Waals surface area contributed by atoms with E-state index in [4.69, 9.17) is 4.52 Å². The minimum absolute atomic E-state index is 0.206. The van der Waals surface area contributed by atoms with Crippen LogP contribution in [0.3, 0.4) is 0 Å². The lowest BCUT2D eigenvalue weighted by Crippen LogP contribution is -2.25. The van der Waals surface area contributed by atoms with Crippen molar-refractivity contribution < 1.29 is 9.09 Å². The molecule has 0 saturated carbocycles. The lowest BCUT2D eigenvalue weighted by atomic mass is 9.90. The minimum Gasteiger partial charge on any atom is -0.282 e. The van der Waals surface area contributed by atoms with Crippen LogP contribution in [0.25, 0.3) is 0 Å².